The van der Waals surface area contributed by atoms with E-state index in [0.29, 0.717) is 17.5 Å². The van der Waals surface area contributed by atoms with E-state index in [1.54, 1.807) is 12.5 Å². The fourth-order valence-corrected chi connectivity index (χ4v) is 2.75. The Morgan fingerprint density at radius 2 is 2.33 bits per heavy atom. The highest BCUT2D eigenvalue weighted by atomic mass is 35.5. The van der Waals surface area contributed by atoms with Crippen molar-refractivity contribution in [1.29, 1.82) is 0 Å². The second-order valence-corrected chi connectivity index (χ2v) is 5.96. The van der Waals surface area contributed by atoms with Gasteiger partial charge >= 0.3 is 0 Å². The summed E-state index contributed by atoms with van der Waals surface area (Å²) in [5.74, 6) is 0.752. The number of carbonyl (C=O) groups is 1. The van der Waals surface area contributed by atoms with Crippen LogP contribution in [0, 0.1) is 11.8 Å². The van der Waals surface area contributed by atoms with E-state index in [1.165, 1.54) is 12.8 Å². The van der Waals surface area contributed by atoms with Gasteiger partial charge in [0.15, 0.2) is 0 Å². The van der Waals surface area contributed by atoms with Gasteiger partial charge in [0.1, 0.15) is 0 Å². The van der Waals surface area contributed by atoms with E-state index in [-0.39, 0.29) is 11.8 Å². The van der Waals surface area contributed by atoms with Crippen molar-refractivity contribution in [2.75, 3.05) is 0 Å². The number of nitrogens with one attached hydrogen (secondary N) is 1. The number of hydrogen-bond acceptors (Lipinski definition) is 2. The van der Waals surface area contributed by atoms with Crippen LogP contribution in [0.4, 0.5) is 0 Å². The molecule has 1 fully saturated rings. The predicted molar refractivity (Wildman–Crippen MR) is 82.3 cm³/mol. The van der Waals surface area contributed by atoms with Crippen LogP contribution in [0.5, 0.6) is 0 Å². The first kappa shape index (κ1) is 14.1. The zero-order valence-electron chi connectivity index (χ0n) is 11.9. The minimum atomic E-state index is 0.0872. The molecule has 5 heteroatoms. The van der Waals surface area contributed by atoms with Crippen LogP contribution in [0.3, 0.4) is 0 Å². The molecule has 0 radical (unpaired) electrons. The van der Waals surface area contributed by atoms with Crippen molar-refractivity contribution in [3.8, 4) is 5.69 Å². The molecule has 1 aliphatic rings. The molecular weight excluding hydrogens is 286 g/mol. The third-order valence-corrected chi connectivity index (χ3v) is 4.41. The smallest absolute Gasteiger partial charge is 0.223 e. The van der Waals surface area contributed by atoms with Gasteiger partial charge in [0.25, 0.3) is 0 Å². The molecule has 1 N–H and O–H groups in total. The fraction of sp³-hybridized carbons (Fsp3) is 0.375. The summed E-state index contributed by atoms with van der Waals surface area (Å²) in [7, 11) is 0. The topological polar surface area (TPSA) is 46.9 Å². The standard InChI is InChI=1S/C16H18ClN3O/c1-11(12-5-6-12)16(21)19-9-13-14(17)3-2-4-15(13)20-8-7-18-10-20/h2-4,7-8,10-12H,5-6,9H2,1H3,(H,19,21)/t11-/m0/s1. The molecule has 0 spiro atoms. The molecule has 3 rings (SSSR count). The maximum Gasteiger partial charge on any atom is 0.223 e. The lowest BCUT2D eigenvalue weighted by Gasteiger charge is -2.15. The highest BCUT2D eigenvalue weighted by Gasteiger charge is 2.32. The Labute approximate surface area is 129 Å². The van der Waals surface area contributed by atoms with Crippen LogP contribution >= 0.6 is 11.6 Å². The monoisotopic (exact) mass is 303 g/mol. The number of imidazole rings is 1. The Kier molecular flexibility index (Phi) is 3.97. The molecule has 1 amide bonds. The van der Waals surface area contributed by atoms with Crippen molar-refractivity contribution in [1.82, 2.24) is 14.9 Å². The highest BCUT2D eigenvalue weighted by Crippen LogP contribution is 2.36. The summed E-state index contributed by atoms with van der Waals surface area (Å²) < 4.78 is 1.90. The van der Waals surface area contributed by atoms with Crippen molar-refractivity contribution in [3.63, 3.8) is 0 Å². The third kappa shape index (κ3) is 3.10. The lowest BCUT2D eigenvalue weighted by atomic mass is 10.1. The van der Waals surface area contributed by atoms with Crippen LogP contribution in [0.15, 0.2) is 36.9 Å². The van der Waals surface area contributed by atoms with Gasteiger partial charge in [-0.1, -0.05) is 24.6 Å². The van der Waals surface area contributed by atoms with E-state index in [0.717, 1.165) is 11.3 Å². The van der Waals surface area contributed by atoms with E-state index < -0.39 is 0 Å². The molecule has 21 heavy (non-hydrogen) atoms. The van der Waals surface area contributed by atoms with Gasteiger partial charge in [-0.05, 0) is 30.9 Å². The van der Waals surface area contributed by atoms with Gasteiger partial charge in [0.2, 0.25) is 5.91 Å². The SMILES string of the molecule is C[C@H](C(=O)NCc1c(Cl)cccc1-n1ccnc1)C1CC1. The number of halogens is 1. The first-order valence-electron chi connectivity index (χ1n) is 7.20. The molecule has 110 valence electrons. The van der Waals surface area contributed by atoms with Gasteiger partial charge in [-0.3, -0.25) is 4.79 Å². The van der Waals surface area contributed by atoms with Gasteiger partial charge in [0, 0.05) is 35.4 Å². The molecule has 2 aromatic rings. The number of hydrogen-bond donors (Lipinski definition) is 1. The number of carbonyl (C=O) groups excluding carboxylic acids is 1. The van der Waals surface area contributed by atoms with Gasteiger partial charge in [-0.2, -0.15) is 0 Å². The number of benzene rings is 1. The Morgan fingerprint density at radius 1 is 1.52 bits per heavy atom. The number of amides is 1. The normalized spacial score (nSPS) is 15.7. The summed E-state index contributed by atoms with van der Waals surface area (Å²) in [5.41, 5.74) is 1.85. The molecule has 1 saturated carbocycles. The van der Waals surface area contributed by atoms with Gasteiger partial charge < -0.3 is 9.88 Å². The van der Waals surface area contributed by atoms with Crippen molar-refractivity contribution in [3.05, 3.63) is 47.5 Å². The molecule has 1 atom stereocenters. The predicted octanol–water partition coefficient (Wildman–Crippen LogP) is 3.19. The average Bonchev–Trinajstić information content (AvgIpc) is 3.19. The van der Waals surface area contributed by atoms with E-state index in [1.807, 2.05) is 35.9 Å². The van der Waals surface area contributed by atoms with Gasteiger partial charge in [0.05, 0.1) is 12.0 Å². The Hall–Kier alpha value is -1.81. The number of aromatic nitrogens is 2. The maximum atomic E-state index is 12.1. The third-order valence-electron chi connectivity index (χ3n) is 4.06. The summed E-state index contributed by atoms with van der Waals surface area (Å²) in [5, 5.41) is 3.66. The van der Waals surface area contributed by atoms with Gasteiger partial charge in [-0.15, -0.1) is 0 Å². The molecule has 4 nitrogen and oxygen atoms in total. The number of nitrogens with zero attached hydrogens (tertiary/aromatic N) is 2. The second-order valence-electron chi connectivity index (χ2n) is 5.55. The van der Waals surface area contributed by atoms with Crippen LogP contribution in [-0.2, 0) is 11.3 Å². The number of rotatable bonds is 5. The van der Waals surface area contributed by atoms with Crippen LogP contribution < -0.4 is 5.32 Å². The van der Waals surface area contributed by atoms with Gasteiger partial charge in [-0.25, -0.2) is 4.98 Å². The zero-order chi connectivity index (χ0) is 14.8. The zero-order valence-corrected chi connectivity index (χ0v) is 12.7. The minimum absolute atomic E-state index is 0.0872. The summed E-state index contributed by atoms with van der Waals surface area (Å²) in [6.07, 6.45) is 7.65. The first-order chi connectivity index (χ1) is 10.2. The quantitative estimate of drug-likeness (QED) is 0.922. The Morgan fingerprint density at radius 3 is 3.00 bits per heavy atom. The van der Waals surface area contributed by atoms with Crippen molar-refractivity contribution in [2.45, 2.75) is 26.3 Å². The minimum Gasteiger partial charge on any atom is -0.352 e. The highest BCUT2D eigenvalue weighted by molar-refractivity contribution is 6.31. The molecule has 1 aromatic heterocycles. The lowest BCUT2D eigenvalue weighted by molar-refractivity contribution is -0.125. The molecule has 1 heterocycles. The summed E-state index contributed by atoms with van der Waals surface area (Å²) in [6.45, 7) is 2.43. The molecule has 0 bridgehead atoms. The summed E-state index contributed by atoms with van der Waals surface area (Å²) >= 11 is 6.30. The van der Waals surface area contributed by atoms with E-state index in [9.17, 15) is 4.79 Å². The second kappa shape index (κ2) is 5.90. The van der Waals surface area contributed by atoms with Crippen LogP contribution in [-0.4, -0.2) is 15.5 Å². The van der Waals surface area contributed by atoms with Crippen LogP contribution in [0.1, 0.15) is 25.3 Å². The van der Waals surface area contributed by atoms with Crippen molar-refractivity contribution >= 4 is 17.5 Å². The molecular formula is C16H18ClN3O. The molecule has 0 unspecified atom stereocenters. The lowest BCUT2D eigenvalue weighted by Crippen LogP contribution is -2.30. The van der Waals surface area contributed by atoms with Crippen LogP contribution in [0.25, 0.3) is 5.69 Å². The fourth-order valence-electron chi connectivity index (χ4n) is 2.51. The Balaban J connectivity index is 1.77. The molecule has 0 saturated heterocycles. The van der Waals surface area contributed by atoms with E-state index in [4.69, 9.17) is 11.6 Å². The molecule has 1 aliphatic carbocycles. The van der Waals surface area contributed by atoms with Crippen molar-refractivity contribution < 1.29 is 4.79 Å². The maximum absolute atomic E-state index is 12.1. The summed E-state index contributed by atoms with van der Waals surface area (Å²) in [4.78, 5) is 16.2. The van der Waals surface area contributed by atoms with E-state index >= 15 is 0 Å². The molecule has 0 aliphatic heterocycles. The largest absolute Gasteiger partial charge is 0.352 e. The van der Waals surface area contributed by atoms with Crippen LogP contribution in [0.2, 0.25) is 5.02 Å². The van der Waals surface area contributed by atoms with E-state index in [2.05, 4.69) is 10.3 Å². The van der Waals surface area contributed by atoms with Crippen molar-refractivity contribution in [2.24, 2.45) is 11.8 Å². The first-order valence-corrected chi connectivity index (χ1v) is 7.58. The summed E-state index contributed by atoms with van der Waals surface area (Å²) in [6, 6.07) is 5.71. The average molecular weight is 304 g/mol. The molecule has 1 aromatic carbocycles. The Bertz CT molecular complexity index is 635.